The summed E-state index contributed by atoms with van der Waals surface area (Å²) < 4.78 is 1.69. The van der Waals surface area contributed by atoms with Crippen LogP contribution in [-0.4, -0.2) is 33.2 Å². The Kier molecular flexibility index (Phi) is 4.96. The van der Waals surface area contributed by atoms with Gasteiger partial charge in [-0.1, -0.05) is 0 Å². The molecular formula is C14H24N4OS. The van der Waals surface area contributed by atoms with Crippen LogP contribution in [0.4, 0.5) is 5.69 Å². The van der Waals surface area contributed by atoms with Gasteiger partial charge in [-0.3, -0.25) is 9.48 Å². The predicted molar refractivity (Wildman–Crippen MR) is 83.8 cm³/mol. The van der Waals surface area contributed by atoms with Gasteiger partial charge in [0, 0.05) is 11.3 Å². The van der Waals surface area contributed by atoms with Crippen molar-refractivity contribution in [3.05, 3.63) is 11.4 Å². The fourth-order valence-corrected chi connectivity index (χ4v) is 3.46. The zero-order valence-corrected chi connectivity index (χ0v) is 13.3. The lowest BCUT2D eigenvalue weighted by molar-refractivity contribution is -0.122. The second kappa shape index (κ2) is 6.52. The van der Waals surface area contributed by atoms with Crippen LogP contribution < -0.4 is 11.1 Å². The van der Waals surface area contributed by atoms with Gasteiger partial charge in [-0.2, -0.15) is 16.9 Å². The summed E-state index contributed by atoms with van der Waals surface area (Å²) in [7, 11) is 0. The van der Waals surface area contributed by atoms with E-state index in [1.54, 1.807) is 4.68 Å². The molecule has 0 unspecified atom stereocenters. The van der Waals surface area contributed by atoms with Crippen LogP contribution in [0.25, 0.3) is 0 Å². The largest absolute Gasteiger partial charge is 0.396 e. The smallest absolute Gasteiger partial charge is 0.241 e. The van der Waals surface area contributed by atoms with Crippen LogP contribution in [0.5, 0.6) is 0 Å². The quantitative estimate of drug-likeness (QED) is 0.889. The lowest BCUT2D eigenvalue weighted by Gasteiger charge is -2.28. The number of nitrogens with one attached hydrogen (secondary N) is 1. The Morgan fingerprint density at radius 2 is 2.05 bits per heavy atom. The van der Waals surface area contributed by atoms with Crippen molar-refractivity contribution in [1.29, 1.82) is 0 Å². The van der Waals surface area contributed by atoms with E-state index in [0.29, 0.717) is 11.7 Å². The van der Waals surface area contributed by atoms with Gasteiger partial charge >= 0.3 is 0 Å². The van der Waals surface area contributed by atoms with Crippen molar-refractivity contribution < 1.29 is 4.79 Å². The molecule has 1 aromatic heterocycles. The molecule has 112 valence electrons. The molecule has 1 aromatic rings. The van der Waals surface area contributed by atoms with Crippen molar-refractivity contribution in [2.24, 2.45) is 0 Å². The Hall–Kier alpha value is -1.17. The summed E-state index contributed by atoms with van der Waals surface area (Å²) in [5, 5.41) is 8.18. The average Bonchev–Trinajstić information content (AvgIpc) is 2.67. The maximum absolute atomic E-state index is 12.1. The zero-order valence-electron chi connectivity index (χ0n) is 12.5. The van der Waals surface area contributed by atoms with Gasteiger partial charge < -0.3 is 11.1 Å². The number of hydrogen-bond acceptors (Lipinski definition) is 4. The normalized spacial score (nSPS) is 22.8. The SMILES string of the molecule is CSC1CCC(NC(=O)Cn2nc(C)c(N)c2C)CC1. The van der Waals surface area contributed by atoms with Crippen LogP contribution in [0.1, 0.15) is 37.1 Å². The standard InChI is InChI=1S/C14H24N4OS/c1-9-14(15)10(2)18(17-9)8-13(19)16-11-4-6-12(20-3)7-5-11/h11-12H,4-8,15H2,1-3H3,(H,16,19). The maximum Gasteiger partial charge on any atom is 0.241 e. The van der Waals surface area contributed by atoms with Crippen molar-refractivity contribution in [3.8, 4) is 0 Å². The number of nitrogen functional groups attached to an aromatic ring is 1. The molecule has 1 amide bonds. The Morgan fingerprint density at radius 1 is 1.40 bits per heavy atom. The lowest BCUT2D eigenvalue weighted by Crippen LogP contribution is -2.40. The Balaban J connectivity index is 1.85. The van der Waals surface area contributed by atoms with Gasteiger partial charge in [-0.05, 0) is 45.8 Å². The molecular weight excluding hydrogens is 272 g/mol. The number of hydrogen-bond donors (Lipinski definition) is 2. The van der Waals surface area contributed by atoms with Crippen molar-refractivity contribution in [1.82, 2.24) is 15.1 Å². The van der Waals surface area contributed by atoms with E-state index in [0.717, 1.165) is 29.5 Å². The van der Waals surface area contributed by atoms with Crippen molar-refractivity contribution in [3.63, 3.8) is 0 Å². The minimum Gasteiger partial charge on any atom is -0.396 e. The molecule has 0 bridgehead atoms. The first-order valence-corrected chi connectivity index (χ1v) is 8.41. The molecule has 0 saturated heterocycles. The summed E-state index contributed by atoms with van der Waals surface area (Å²) in [5.41, 5.74) is 8.21. The highest BCUT2D eigenvalue weighted by Gasteiger charge is 2.22. The fourth-order valence-electron chi connectivity index (χ4n) is 2.72. The van der Waals surface area contributed by atoms with Crippen LogP contribution in [-0.2, 0) is 11.3 Å². The van der Waals surface area contributed by atoms with E-state index < -0.39 is 0 Å². The maximum atomic E-state index is 12.1. The van der Waals surface area contributed by atoms with Crippen molar-refractivity contribution in [2.75, 3.05) is 12.0 Å². The van der Waals surface area contributed by atoms with Crippen molar-refractivity contribution in [2.45, 2.75) is 57.4 Å². The molecule has 5 nitrogen and oxygen atoms in total. The van der Waals surface area contributed by atoms with Crippen LogP contribution in [0.2, 0.25) is 0 Å². The van der Waals surface area contributed by atoms with Crippen LogP contribution in [0.15, 0.2) is 0 Å². The molecule has 6 heteroatoms. The molecule has 0 radical (unpaired) electrons. The van der Waals surface area contributed by atoms with Gasteiger partial charge in [0.15, 0.2) is 0 Å². The van der Waals surface area contributed by atoms with Gasteiger partial charge in [0.2, 0.25) is 5.91 Å². The number of nitrogens with two attached hydrogens (primary N) is 1. The number of carbonyl (C=O) groups is 1. The Labute approximate surface area is 124 Å². The number of nitrogens with zero attached hydrogens (tertiary/aromatic N) is 2. The van der Waals surface area contributed by atoms with E-state index in [4.69, 9.17) is 5.73 Å². The monoisotopic (exact) mass is 296 g/mol. The van der Waals surface area contributed by atoms with Gasteiger partial charge in [-0.25, -0.2) is 0 Å². The molecule has 20 heavy (non-hydrogen) atoms. The first-order valence-electron chi connectivity index (χ1n) is 7.13. The van der Waals surface area contributed by atoms with Gasteiger partial charge in [0.25, 0.3) is 0 Å². The van der Waals surface area contributed by atoms with Crippen molar-refractivity contribution >= 4 is 23.4 Å². The summed E-state index contributed by atoms with van der Waals surface area (Å²) in [5.74, 6) is 0.0307. The molecule has 0 spiro atoms. The topological polar surface area (TPSA) is 72.9 Å². The third-order valence-corrected chi connectivity index (χ3v) is 5.24. The van der Waals surface area contributed by atoms with E-state index in [1.807, 2.05) is 25.6 Å². The van der Waals surface area contributed by atoms with Gasteiger partial charge in [0.05, 0.1) is 17.1 Å². The summed E-state index contributed by atoms with van der Waals surface area (Å²) in [4.78, 5) is 12.1. The van der Waals surface area contributed by atoms with E-state index in [1.165, 1.54) is 12.8 Å². The van der Waals surface area contributed by atoms with Gasteiger partial charge in [-0.15, -0.1) is 0 Å². The Morgan fingerprint density at radius 3 is 2.55 bits per heavy atom. The molecule has 1 heterocycles. The van der Waals surface area contributed by atoms with Crippen LogP contribution >= 0.6 is 11.8 Å². The highest BCUT2D eigenvalue weighted by molar-refractivity contribution is 7.99. The number of rotatable bonds is 4. The summed E-state index contributed by atoms with van der Waals surface area (Å²) in [6.45, 7) is 4.01. The molecule has 2 rings (SSSR count). The number of anilines is 1. The lowest BCUT2D eigenvalue weighted by atomic mass is 9.95. The van der Waals surface area contributed by atoms with Crippen LogP contribution in [0, 0.1) is 13.8 Å². The van der Waals surface area contributed by atoms with E-state index in [2.05, 4.69) is 16.7 Å². The summed E-state index contributed by atoms with van der Waals surface area (Å²) in [6, 6.07) is 0.320. The number of amides is 1. The summed E-state index contributed by atoms with van der Waals surface area (Å²) in [6.07, 6.45) is 6.71. The minimum atomic E-state index is 0.0307. The molecule has 1 aliphatic rings. The summed E-state index contributed by atoms with van der Waals surface area (Å²) >= 11 is 1.93. The van der Waals surface area contributed by atoms with Crippen LogP contribution in [0.3, 0.4) is 0 Å². The van der Waals surface area contributed by atoms with E-state index in [-0.39, 0.29) is 12.5 Å². The second-order valence-corrected chi connectivity index (χ2v) is 6.66. The molecule has 0 atom stereocenters. The molecule has 0 aromatic carbocycles. The van der Waals surface area contributed by atoms with Gasteiger partial charge in [0.1, 0.15) is 6.54 Å². The minimum absolute atomic E-state index is 0.0307. The second-order valence-electron chi connectivity index (χ2n) is 5.52. The number of carbonyl (C=O) groups excluding carboxylic acids is 1. The highest BCUT2D eigenvalue weighted by atomic mass is 32.2. The first-order chi connectivity index (χ1) is 9.51. The van der Waals surface area contributed by atoms with E-state index in [9.17, 15) is 4.79 Å². The number of aromatic nitrogens is 2. The number of aryl methyl sites for hydroxylation is 1. The highest BCUT2D eigenvalue weighted by Crippen LogP contribution is 2.26. The fraction of sp³-hybridized carbons (Fsp3) is 0.714. The molecule has 1 aliphatic carbocycles. The molecule has 3 N–H and O–H groups in total. The molecule has 1 fully saturated rings. The molecule has 1 saturated carbocycles. The zero-order chi connectivity index (χ0) is 14.7. The predicted octanol–water partition coefficient (Wildman–Crippen LogP) is 1.87. The average molecular weight is 296 g/mol. The van der Waals surface area contributed by atoms with E-state index >= 15 is 0 Å². The molecule has 0 aliphatic heterocycles. The Bertz CT molecular complexity index is 478. The first kappa shape index (κ1) is 15.2. The third-order valence-electron chi connectivity index (χ3n) is 4.10. The number of thioether (sulfide) groups is 1. The third kappa shape index (κ3) is 3.48.